The zero-order valence-electron chi connectivity index (χ0n) is 18.9. The Bertz CT molecular complexity index is 979. The van der Waals surface area contributed by atoms with Crippen LogP contribution in [0.5, 0.6) is 0 Å². The van der Waals surface area contributed by atoms with Gasteiger partial charge in [-0.3, -0.25) is 4.90 Å². The van der Waals surface area contributed by atoms with Gasteiger partial charge in [-0.05, 0) is 47.4 Å². The third-order valence-electron chi connectivity index (χ3n) is 6.04. The summed E-state index contributed by atoms with van der Waals surface area (Å²) < 4.78 is 45.4. The quantitative estimate of drug-likeness (QED) is 0.426. The van der Waals surface area contributed by atoms with Gasteiger partial charge < -0.3 is 14.7 Å². The molecule has 0 saturated carbocycles. The Balaban J connectivity index is 0.00000324. The molecule has 0 aromatic heterocycles. The number of piperazine rings is 1. The molecule has 0 amide bonds. The molecule has 186 valence electrons. The molecule has 2 heterocycles. The van der Waals surface area contributed by atoms with Crippen molar-refractivity contribution in [2.45, 2.75) is 22.4 Å². The van der Waals surface area contributed by atoms with Crippen molar-refractivity contribution in [3.63, 3.8) is 0 Å². The van der Waals surface area contributed by atoms with E-state index >= 15 is 0 Å². The van der Waals surface area contributed by atoms with Gasteiger partial charge in [0.25, 0.3) is 0 Å². The fourth-order valence-electron chi connectivity index (χ4n) is 4.26. The van der Waals surface area contributed by atoms with Crippen LogP contribution in [-0.2, 0) is 10.9 Å². The molecule has 0 radical (unpaired) electrons. The number of aliphatic hydroxyl groups is 1. The lowest BCUT2D eigenvalue weighted by Crippen LogP contribution is -2.47. The molecule has 2 aliphatic rings. The number of halogens is 4. The second-order valence-electron chi connectivity index (χ2n) is 8.23. The SMILES string of the molecule is Cl.OCCOCCN1CCN(CCC=C2c3ccccc3Sc3ccc(C(F)(F)F)cc32)CC1. The average Bonchev–Trinajstić information content (AvgIpc) is 2.81. The first-order valence-corrected chi connectivity index (χ1v) is 12.1. The first-order valence-electron chi connectivity index (χ1n) is 11.3. The molecular formula is C25H30ClF3N2O2S. The summed E-state index contributed by atoms with van der Waals surface area (Å²) >= 11 is 1.53. The van der Waals surface area contributed by atoms with Crippen LogP contribution < -0.4 is 0 Å². The molecule has 2 aliphatic heterocycles. The molecule has 2 aromatic carbocycles. The Hall–Kier alpha value is -1.55. The Morgan fingerprint density at radius 2 is 1.59 bits per heavy atom. The molecule has 0 atom stereocenters. The maximum atomic E-state index is 13.4. The zero-order valence-corrected chi connectivity index (χ0v) is 20.5. The predicted octanol–water partition coefficient (Wildman–Crippen LogP) is 5.04. The van der Waals surface area contributed by atoms with Crippen molar-refractivity contribution in [2.24, 2.45) is 0 Å². The fourth-order valence-corrected chi connectivity index (χ4v) is 5.34. The summed E-state index contributed by atoms with van der Waals surface area (Å²) in [4.78, 5) is 6.70. The summed E-state index contributed by atoms with van der Waals surface area (Å²) in [6.45, 7) is 6.66. The minimum Gasteiger partial charge on any atom is -0.394 e. The summed E-state index contributed by atoms with van der Waals surface area (Å²) in [5.41, 5.74) is 1.96. The monoisotopic (exact) mass is 514 g/mol. The molecule has 34 heavy (non-hydrogen) atoms. The lowest BCUT2D eigenvalue weighted by molar-refractivity contribution is -0.137. The van der Waals surface area contributed by atoms with Gasteiger partial charge in [0.05, 0.1) is 25.4 Å². The lowest BCUT2D eigenvalue weighted by Gasteiger charge is -2.34. The van der Waals surface area contributed by atoms with E-state index in [0.717, 1.165) is 66.6 Å². The van der Waals surface area contributed by atoms with Crippen LogP contribution in [0, 0.1) is 0 Å². The summed E-state index contributed by atoms with van der Waals surface area (Å²) in [5.74, 6) is 0. The van der Waals surface area contributed by atoms with E-state index in [1.807, 2.05) is 24.3 Å². The molecule has 0 aliphatic carbocycles. The van der Waals surface area contributed by atoms with E-state index in [2.05, 4.69) is 15.9 Å². The topological polar surface area (TPSA) is 35.9 Å². The highest BCUT2D eigenvalue weighted by molar-refractivity contribution is 7.99. The fraction of sp³-hybridized carbons (Fsp3) is 0.440. The van der Waals surface area contributed by atoms with E-state index in [1.54, 1.807) is 6.07 Å². The second-order valence-corrected chi connectivity index (χ2v) is 9.32. The Kier molecular flexibility index (Phi) is 9.88. The number of nitrogens with zero attached hydrogens (tertiary/aromatic N) is 2. The van der Waals surface area contributed by atoms with Gasteiger partial charge >= 0.3 is 6.18 Å². The van der Waals surface area contributed by atoms with Gasteiger partial charge in [-0.25, -0.2) is 0 Å². The van der Waals surface area contributed by atoms with Gasteiger partial charge in [0.2, 0.25) is 0 Å². The molecular weight excluding hydrogens is 485 g/mol. The number of alkyl halides is 3. The van der Waals surface area contributed by atoms with Crippen LogP contribution in [0.25, 0.3) is 5.57 Å². The van der Waals surface area contributed by atoms with Crippen molar-refractivity contribution in [2.75, 3.05) is 59.1 Å². The van der Waals surface area contributed by atoms with Gasteiger partial charge in [-0.15, -0.1) is 12.4 Å². The summed E-state index contributed by atoms with van der Waals surface area (Å²) in [5, 5.41) is 8.77. The smallest absolute Gasteiger partial charge is 0.394 e. The minimum absolute atomic E-state index is 0. The highest BCUT2D eigenvalue weighted by Gasteiger charge is 2.32. The van der Waals surface area contributed by atoms with Crippen LogP contribution in [-0.4, -0.2) is 74.0 Å². The number of fused-ring (bicyclic) bond motifs is 2. The third-order valence-corrected chi connectivity index (χ3v) is 7.19. The van der Waals surface area contributed by atoms with Crippen molar-refractivity contribution < 1.29 is 23.0 Å². The molecule has 1 saturated heterocycles. The molecule has 4 nitrogen and oxygen atoms in total. The summed E-state index contributed by atoms with van der Waals surface area (Å²) in [6.07, 6.45) is -1.47. The van der Waals surface area contributed by atoms with Gasteiger partial charge in [0.15, 0.2) is 0 Å². The Labute approximate surface area is 209 Å². The van der Waals surface area contributed by atoms with Crippen molar-refractivity contribution in [1.29, 1.82) is 0 Å². The number of ether oxygens (including phenoxy) is 1. The number of rotatable bonds is 8. The maximum Gasteiger partial charge on any atom is 0.416 e. The van der Waals surface area contributed by atoms with E-state index in [0.29, 0.717) is 18.8 Å². The highest BCUT2D eigenvalue weighted by atomic mass is 35.5. The van der Waals surface area contributed by atoms with Crippen LogP contribution in [0.2, 0.25) is 0 Å². The highest BCUT2D eigenvalue weighted by Crippen LogP contribution is 2.47. The summed E-state index contributed by atoms with van der Waals surface area (Å²) in [7, 11) is 0. The molecule has 0 unspecified atom stereocenters. The van der Waals surface area contributed by atoms with Gasteiger partial charge in [0, 0.05) is 49.1 Å². The van der Waals surface area contributed by atoms with Crippen molar-refractivity contribution in [3.8, 4) is 0 Å². The summed E-state index contributed by atoms with van der Waals surface area (Å²) in [6, 6.07) is 12.0. The number of benzene rings is 2. The molecule has 2 aromatic rings. The number of hydrogen-bond acceptors (Lipinski definition) is 5. The molecule has 9 heteroatoms. The van der Waals surface area contributed by atoms with Crippen LogP contribution in [0.3, 0.4) is 0 Å². The van der Waals surface area contributed by atoms with Crippen molar-refractivity contribution >= 4 is 29.7 Å². The van der Waals surface area contributed by atoms with Crippen molar-refractivity contribution in [1.82, 2.24) is 9.80 Å². The van der Waals surface area contributed by atoms with E-state index in [1.165, 1.54) is 23.9 Å². The van der Waals surface area contributed by atoms with E-state index < -0.39 is 11.7 Å². The van der Waals surface area contributed by atoms with E-state index in [9.17, 15) is 13.2 Å². The van der Waals surface area contributed by atoms with Crippen LogP contribution >= 0.6 is 24.2 Å². The number of hydrogen-bond donors (Lipinski definition) is 1. The predicted molar refractivity (Wildman–Crippen MR) is 132 cm³/mol. The molecule has 1 fully saturated rings. The Morgan fingerprint density at radius 1 is 0.912 bits per heavy atom. The normalized spacial score (nSPS) is 17.8. The Morgan fingerprint density at radius 3 is 2.29 bits per heavy atom. The maximum absolute atomic E-state index is 13.4. The number of aliphatic hydroxyl groups excluding tert-OH is 1. The van der Waals surface area contributed by atoms with Crippen LogP contribution in [0.1, 0.15) is 23.1 Å². The first-order chi connectivity index (χ1) is 16.0. The van der Waals surface area contributed by atoms with Crippen molar-refractivity contribution in [3.05, 3.63) is 65.2 Å². The minimum atomic E-state index is -4.36. The largest absolute Gasteiger partial charge is 0.416 e. The molecule has 4 rings (SSSR count). The van der Waals surface area contributed by atoms with Gasteiger partial charge in [-0.2, -0.15) is 13.2 Å². The van der Waals surface area contributed by atoms with E-state index in [4.69, 9.17) is 9.84 Å². The third kappa shape index (κ3) is 6.77. The molecule has 0 spiro atoms. The van der Waals surface area contributed by atoms with Gasteiger partial charge in [-0.1, -0.05) is 36.0 Å². The molecule has 0 bridgehead atoms. The standard InChI is InChI=1S/C25H29F3N2O2S.ClH/c26-25(27,28)19-7-8-24-22(18-19)20(21-4-1-2-6-23(21)33-24)5-3-9-29-10-12-30(13-11-29)14-16-32-17-15-31;/h1-2,4-8,18,31H,3,9-17H2;1H. The van der Waals surface area contributed by atoms with Crippen LogP contribution in [0.15, 0.2) is 58.3 Å². The van der Waals surface area contributed by atoms with Crippen LogP contribution in [0.4, 0.5) is 13.2 Å². The van der Waals surface area contributed by atoms with E-state index in [-0.39, 0.29) is 19.0 Å². The zero-order chi connectivity index (χ0) is 23.3. The molecule has 1 N–H and O–H groups in total. The average molecular weight is 515 g/mol. The second kappa shape index (κ2) is 12.4. The van der Waals surface area contributed by atoms with Gasteiger partial charge in [0.1, 0.15) is 0 Å². The lowest BCUT2D eigenvalue weighted by atomic mass is 9.94. The first kappa shape index (κ1) is 27.0.